The van der Waals surface area contributed by atoms with Crippen molar-refractivity contribution in [1.82, 2.24) is 10.3 Å². The van der Waals surface area contributed by atoms with E-state index in [-0.39, 0.29) is 23.2 Å². The molecule has 7 nitrogen and oxygen atoms in total. The van der Waals surface area contributed by atoms with E-state index in [0.29, 0.717) is 0 Å². The Morgan fingerprint density at radius 1 is 1.20 bits per heavy atom. The highest BCUT2D eigenvalue weighted by Crippen LogP contribution is 2.32. The van der Waals surface area contributed by atoms with Crippen LogP contribution in [0.4, 0.5) is 23.7 Å². The van der Waals surface area contributed by atoms with Crippen molar-refractivity contribution in [3.8, 4) is 17.2 Å². The summed E-state index contributed by atoms with van der Waals surface area (Å²) in [6.45, 7) is 0. The first-order valence-corrected chi connectivity index (χ1v) is 9.37. The quantitative estimate of drug-likeness (QED) is 0.650. The van der Waals surface area contributed by atoms with Crippen molar-refractivity contribution in [3.63, 3.8) is 0 Å². The van der Waals surface area contributed by atoms with E-state index in [0.717, 1.165) is 44.2 Å². The molecule has 1 aromatic carbocycles. The average Bonchev–Trinajstić information content (AvgIpc) is 2.69. The molecule has 0 saturated heterocycles. The van der Waals surface area contributed by atoms with Crippen LogP contribution in [0, 0.1) is 0 Å². The Kier molecular flexibility index (Phi) is 8.57. The summed E-state index contributed by atoms with van der Waals surface area (Å²) in [7, 11) is 1.36. The van der Waals surface area contributed by atoms with Gasteiger partial charge in [-0.05, 0) is 37.1 Å². The summed E-state index contributed by atoms with van der Waals surface area (Å²) in [6, 6.07) is 6.37. The predicted octanol–water partition coefficient (Wildman–Crippen LogP) is 4.84. The van der Waals surface area contributed by atoms with Crippen LogP contribution in [0.25, 0.3) is 0 Å². The number of urea groups is 1. The highest BCUT2D eigenvalue weighted by molar-refractivity contribution is 5.91. The number of pyridine rings is 1. The van der Waals surface area contributed by atoms with Gasteiger partial charge in [-0.25, -0.2) is 4.79 Å². The fourth-order valence-electron chi connectivity index (χ4n) is 2.93. The highest BCUT2D eigenvalue weighted by Gasteiger charge is 2.31. The lowest BCUT2D eigenvalue weighted by Crippen LogP contribution is -2.39. The number of amides is 2. The second-order valence-electron chi connectivity index (χ2n) is 6.55. The second kappa shape index (κ2) is 11.1. The Balaban J connectivity index is 0.000000386. The zero-order valence-electron chi connectivity index (χ0n) is 16.4. The van der Waals surface area contributed by atoms with E-state index in [1.165, 1.54) is 19.4 Å². The van der Waals surface area contributed by atoms with Crippen molar-refractivity contribution >= 4 is 11.7 Å². The zero-order valence-corrected chi connectivity index (χ0v) is 16.4. The van der Waals surface area contributed by atoms with E-state index in [2.05, 4.69) is 20.4 Å². The van der Waals surface area contributed by atoms with Crippen molar-refractivity contribution in [2.75, 3.05) is 12.4 Å². The number of carbonyl (C=O) groups is 1. The van der Waals surface area contributed by atoms with Crippen LogP contribution in [0.15, 0.2) is 42.7 Å². The molecule has 164 valence electrons. The molecule has 2 aromatic rings. The van der Waals surface area contributed by atoms with Crippen LogP contribution in [-0.4, -0.2) is 35.6 Å². The Hall–Kier alpha value is -3.17. The topological polar surface area (TPSA) is 92.7 Å². The molecule has 0 radical (unpaired) electrons. The van der Waals surface area contributed by atoms with Gasteiger partial charge >= 0.3 is 12.4 Å². The average molecular weight is 427 g/mol. The minimum absolute atomic E-state index is 0.0874. The lowest BCUT2D eigenvalue weighted by molar-refractivity contribution is -0.274. The maximum absolute atomic E-state index is 12.3. The van der Waals surface area contributed by atoms with E-state index in [1.807, 2.05) is 0 Å². The molecular formula is C20H24F3N3O4. The molecule has 30 heavy (non-hydrogen) atoms. The Labute approximate surface area is 172 Å². The molecule has 1 aliphatic carbocycles. The molecule has 2 amide bonds. The molecule has 1 aliphatic rings. The molecule has 0 spiro atoms. The molecule has 1 heterocycles. The second-order valence-corrected chi connectivity index (χ2v) is 6.55. The van der Waals surface area contributed by atoms with Crippen LogP contribution in [0.1, 0.15) is 32.1 Å². The van der Waals surface area contributed by atoms with Crippen LogP contribution < -0.4 is 20.1 Å². The van der Waals surface area contributed by atoms with Gasteiger partial charge in [-0.15, -0.1) is 13.2 Å². The summed E-state index contributed by atoms with van der Waals surface area (Å²) >= 11 is 0. The Bertz CT molecular complexity index is 798. The third-order valence-corrected chi connectivity index (χ3v) is 4.24. The molecule has 10 heteroatoms. The largest absolute Gasteiger partial charge is 0.573 e. The lowest BCUT2D eigenvalue weighted by Gasteiger charge is -2.23. The highest BCUT2D eigenvalue weighted by atomic mass is 19.4. The van der Waals surface area contributed by atoms with E-state index in [4.69, 9.17) is 9.84 Å². The van der Waals surface area contributed by atoms with Gasteiger partial charge in [-0.1, -0.05) is 19.3 Å². The van der Waals surface area contributed by atoms with Gasteiger partial charge in [-0.2, -0.15) is 0 Å². The molecule has 3 N–H and O–H groups in total. The molecular weight excluding hydrogens is 403 g/mol. The molecule has 0 unspecified atom stereocenters. The third kappa shape index (κ3) is 8.46. The Morgan fingerprint density at radius 3 is 2.47 bits per heavy atom. The number of rotatable bonds is 4. The first-order chi connectivity index (χ1) is 14.3. The molecule has 0 aliphatic heterocycles. The van der Waals surface area contributed by atoms with Crippen molar-refractivity contribution in [1.29, 1.82) is 0 Å². The van der Waals surface area contributed by atoms with Gasteiger partial charge in [0, 0.05) is 18.3 Å². The molecule has 0 bridgehead atoms. The zero-order chi connectivity index (χ0) is 22.0. The summed E-state index contributed by atoms with van der Waals surface area (Å²) in [5.74, 6) is 0.0343. The van der Waals surface area contributed by atoms with Crippen molar-refractivity contribution in [2.24, 2.45) is 0 Å². The molecule has 0 atom stereocenters. The Morgan fingerprint density at radius 2 is 1.93 bits per heavy atom. The molecule has 1 fully saturated rings. The SMILES string of the molecule is COc1ccc(OC(F)(F)F)cc1NC(=O)NC1CCCCC1.Oc1cccnc1. The number of carbonyl (C=O) groups excluding carboxylic acids is 1. The van der Waals surface area contributed by atoms with E-state index < -0.39 is 18.1 Å². The predicted molar refractivity (Wildman–Crippen MR) is 105 cm³/mol. The number of anilines is 1. The van der Waals surface area contributed by atoms with E-state index in [9.17, 15) is 18.0 Å². The normalized spacial score (nSPS) is 14.1. The van der Waals surface area contributed by atoms with Crippen molar-refractivity contribution in [2.45, 2.75) is 44.5 Å². The third-order valence-electron chi connectivity index (χ3n) is 4.24. The van der Waals surface area contributed by atoms with Gasteiger partial charge in [0.1, 0.15) is 17.2 Å². The lowest BCUT2D eigenvalue weighted by atomic mass is 9.96. The number of ether oxygens (including phenoxy) is 2. The minimum Gasteiger partial charge on any atom is -0.506 e. The summed E-state index contributed by atoms with van der Waals surface area (Å²) in [5, 5.41) is 13.9. The summed E-state index contributed by atoms with van der Waals surface area (Å²) in [4.78, 5) is 15.6. The molecule has 3 rings (SSSR count). The summed E-state index contributed by atoms with van der Waals surface area (Å²) in [5.41, 5.74) is 0.113. The van der Waals surface area contributed by atoms with Gasteiger partial charge in [-0.3, -0.25) is 4.98 Å². The smallest absolute Gasteiger partial charge is 0.506 e. The number of halogens is 3. The fourth-order valence-corrected chi connectivity index (χ4v) is 2.93. The minimum atomic E-state index is -4.80. The van der Waals surface area contributed by atoms with Gasteiger partial charge in [0.25, 0.3) is 0 Å². The number of methoxy groups -OCH3 is 1. The van der Waals surface area contributed by atoms with Gasteiger partial charge in [0.05, 0.1) is 19.0 Å². The maximum atomic E-state index is 12.3. The number of alkyl halides is 3. The number of nitrogens with one attached hydrogen (secondary N) is 2. The van der Waals surface area contributed by atoms with Crippen LogP contribution in [0.2, 0.25) is 0 Å². The maximum Gasteiger partial charge on any atom is 0.573 e. The molecule has 1 aromatic heterocycles. The number of nitrogens with zero attached hydrogens (tertiary/aromatic N) is 1. The number of hydrogen-bond acceptors (Lipinski definition) is 5. The first-order valence-electron chi connectivity index (χ1n) is 9.37. The van der Waals surface area contributed by atoms with Gasteiger partial charge in [0.2, 0.25) is 0 Å². The number of benzene rings is 1. The summed E-state index contributed by atoms with van der Waals surface area (Å²) < 4.78 is 45.7. The number of hydrogen-bond donors (Lipinski definition) is 3. The number of aromatic hydroxyl groups is 1. The monoisotopic (exact) mass is 427 g/mol. The van der Waals surface area contributed by atoms with E-state index in [1.54, 1.807) is 18.3 Å². The van der Waals surface area contributed by atoms with Crippen LogP contribution >= 0.6 is 0 Å². The first kappa shape index (κ1) is 23.1. The standard InChI is InChI=1S/C15H19F3N2O3.C5H5NO/c1-22-13-8-7-11(23-15(16,17)18)9-12(13)20-14(21)19-10-5-3-2-4-6-10;7-5-2-1-3-6-4-5/h7-10H,2-6H2,1H3,(H2,19,20,21);1-4,7H. The van der Waals surface area contributed by atoms with Gasteiger partial charge < -0.3 is 25.2 Å². The van der Waals surface area contributed by atoms with Gasteiger partial charge in [0.15, 0.2) is 0 Å². The number of aromatic nitrogens is 1. The van der Waals surface area contributed by atoms with Crippen molar-refractivity contribution < 1.29 is 32.5 Å². The van der Waals surface area contributed by atoms with Crippen LogP contribution in [0.5, 0.6) is 17.2 Å². The van der Waals surface area contributed by atoms with Crippen LogP contribution in [-0.2, 0) is 0 Å². The fraction of sp³-hybridized carbons (Fsp3) is 0.400. The summed E-state index contributed by atoms with van der Waals surface area (Å²) in [6.07, 6.45) is 3.29. The van der Waals surface area contributed by atoms with Crippen molar-refractivity contribution in [3.05, 3.63) is 42.7 Å². The molecule has 1 saturated carbocycles. The van der Waals surface area contributed by atoms with Crippen LogP contribution in [0.3, 0.4) is 0 Å². The van der Waals surface area contributed by atoms with E-state index >= 15 is 0 Å².